The van der Waals surface area contributed by atoms with Crippen molar-refractivity contribution in [3.63, 3.8) is 0 Å². The van der Waals surface area contributed by atoms with E-state index in [9.17, 15) is 0 Å². The molecule has 0 N–H and O–H groups in total. The van der Waals surface area contributed by atoms with Crippen LogP contribution in [0.1, 0.15) is 12.5 Å². The standard InChI is InChI=1S/C12H15O/c1-10(12-8-13-9-12)7-11-5-3-2-4-6-11/h2-5,10,12H,7-9H2,1H3. The van der Waals surface area contributed by atoms with Gasteiger partial charge in [-0.15, -0.1) is 0 Å². The van der Waals surface area contributed by atoms with Crippen molar-refractivity contribution in [2.45, 2.75) is 13.3 Å². The highest BCUT2D eigenvalue weighted by Crippen LogP contribution is 2.23. The van der Waals surface area contributed by atoms with Crippen LogP contribution in [0.5, 0.6) is 0 Å². The molecule has 2 rings (SSSR count). The van der Waals surface area contributed by atoms with Gasteiger partial charge >= 0.3 is 0 Å². The van der Waals surface area contributed by atoms with Crippen molar-refractivity contribution in [1.29, 1.82) is 0 Å². The Hall–Kier alpha value is -0.820. The van der Waals surface area contributed by atoms with Gasteiger partial charge in [-0.25, -0.2) is 0 Å². The van der Waals surface area contributed by atoms with Crippen molar-refractivity contribution >= 4 is 0 Å². The van der Waals surface area contributed by atoms with Crippen LogP contribution in [-0.2, 0) is 11.2 Å². The van der Waals surface area contributed by atoms with Crippen molar-refractivity contribution in [2.75, 3.05) is 13.2 Å². The molecule has 1 aromatic rings. The minimum atomic E-state index is 0.729. The summed E-state index contributed by atoms with van der Waals surface area (Å²) in [6, 6.07) is 11.5. The van der Waals surface area contributed by atoms with E-state index in [0.29, 0.717) is 0 Å². The van der Waals surface area contributed by atoms with Gasteiger partial charge in [0.25, 0.3) is 0 Å². The molecule has 1 aromatic carbocycles. The SMILES string of the molecule is CC(Cc1[c]cccc1)C1COC1. The smallest absolute Gasteiger partial charge is 0.0519 e. The molecule has 1 unspecified atom stereocenters. The molecule has 0 spiro atoms. The predicted molar refractivity (Wildman–Crippen MR) is 52.5 cm³/mol. The minimum Gasteiger partial charge on any atom is -0.381 e. The summed E-state index contributed by atoms with van der Waals surface area (Å²) >= 11 is 0. The molecule has 13 heavy (non-hydrogen) atoms. The fourth-order valence-corrected chi connectivity index (χ4v) is 1.65. The number of ether oxygens (including phenoxy) is 1. The molecule has 1 aliphatic rings. The van der Waals surface area contributed by atoms with Crippen LogP contribution in [0.3, 0.4) is 0 Å². The summed E-state index contributed by atoms with van der Waals surface area (Å²) in [7, 11) is 0. The Labute approximate surface area is 79.7 Å². The minimum absolute atomic E-state index is 0.729. The third-order valence-corrected chi connectivity index (χ3v) is 2.78. The molecule has 0 bridgehead atoms. The normalized spacial score (nSPS) is 19.5. The molecular formula is C12H15O. The molecule has 0 aromatic heterocycles. The van der Waals surface area contributed by atoms with E-state index >= 15 is 0 Å². The van der Waals surface area contributed by atoms with Gasteiger partial charge in [-0.2, -0.15) is 0 Å². The van der Waals surface area contributed by atoms with Crippen LogP contribution in [0.2, 0.25) is 0 Å². The zero-order valence-electron chi connectivity index (χ0n) is 7.99. The van der Waals surface area contributed by atoms with Crippen molar-refractivity contribution in [3.05, 3.63) is 35.9 Å². The molecule has 1 saturated heterocycles. The molecule has 0 amide bonds. The van der Waals surface area contributed by atoms with E-state index in [1.807, 2.05) is 12.1 Å². The van der Waals surface area contributed by atoms with E-state index in [1.165, 1.54) is 5.56 Å². The van der Waals surface area contributed by atoms with Crippen molar-refractivity contribution in [2.24, 2.45) is 11.8 Å². The number of hydrogen-bond acceptors (Lipinski definition) is 1. The second-order valence-corrected chi connectivity index (χ2v) is 3.87. The highest BCUT2D eigenvalue weighted by molar-refractivity contribution is 5.13. The second-order valence-electron chi connectivity index (χ2n) is 3.87. The number of benzene rings is 1. The van der Waals surface area contributed by atoms with Gasteiger partial charge < -0.3 is 4.74 Å². The average Bonchev–Trinajstić information content (AvgIpc) is 2.02. The Morgan fingerprint density at radius 1 is 1.54 bits per heavy atom. The molecule has 1 atom stereocenters. The third kappa shape index (κ3) is 2.10. The summed E-state index contributed by atoms with van der Waals surface area (Å²) in [5.74, 6) is 1.50. The molecule has 1 heterocycles. The summed E-state index contributed by atoms with van der Waals surface area (Å²) in [5, 5.41) is 0. The average molecular weight is 175 g/mol. The Bertz CT molecular complexity index is 251. The first kappa shape index (κ1) is 8.76. The summed E-state index contributed by atoms with van der Waals surface area (Å²) in [4.78, 5) is 0. The monoisotopic (exact) mass is 175 g/mol. The fourth-order valence-electron chi connectivity index (χ4n) is 1.65. The molecule has 1 aliphatic heterocycles. The largest absolute Gasteiger partial charge is 0.381 e. The van der Waals surface area contributed by atoms with Gasteiger partial charge in [-0.3, -0.25) is 0 Å². The Balaban J connectivity index is 1.90. The zero-order chi connectivity index (χ0) is 9.10. The topological polar surface area (TPSA) is 9.23 Å². The van der Waals surface area contributed by atoms with Crippen LogP contribution < -0.4 is 0 Å². The molecule has 1 fully saturated rings. The Morgan fingerprint density at radius 3 is 2.92 bits per heavy atom. The predicted octanol–water partition coefficient (Wildman–Crippen LogP) is 2.31. The summed E-state index contributed by atoms with van der Waals surface area (Å²) in [6.07, 6.45) is 1.13. The van der Waals surface area contributed by atoms with Gasteiger partial charge in [-0.1, -0.05) is 31.2 Å². The molecule has 1 radical (unpaired) electrons. The maximum absolute atomic E-state index is 5.18. The lowest BCUT2D eigenvalue weighted by atomic mass is 9.87. The molecule has 0 saturated carbocycles. The summed E-state index contributed by atoms with van der Waals surface area (Å²) in [6.45, 7) is 4.20. The van der Waals surface area contributed by atoms with Gasteiger partial charge in [0, 0.05) is 5.92 Å². The van der Waals surface area contributed by atoms with E-state index in [0.717, 1.165) is 31.5 Å². The van der Waals surface area contributed by atoms with Gasteiger partial charge in [0.1, 0.15) is 0 Å². The molecule has 69 valence electrons. The Morgan fingerprint density at radius 2 is 2.38 bits per heavy atom. The van der Waals surface area contributed by atoms with Crippen molar-refractivity contribution in [1.82, 2.24) is 0 Å². The van der Waals surface area contributed by atoms with Crippen LogP contribution in [0.4, 0.5) is 0 Å². The van der Waals surface area contributed by atoms with Crippen LogP contribution >= 0.6 is 0 Å². The molecule has 0 aliphatic carbocycles. The molecule has 1 nitrogen and oxygen atoms in total. The van der Waals surface area contributed by atoms with Crippen LogP contribution in [-0.4, -0.2) is 13.2 Å². The lowest BCUT2D eigenvalue weighted by Crippen LogP contribution is -2.33. The number of hydrogen-bond donors (Lipinski definition) is 0. The lowest BCUT2D eigenvalue weighted by molar-refractivity contribution is -0.0568. The van der Waals surface area contributed by atoms with Crippen LogP contribution in [0, 0.1) is 17.9 Å². The van der Waals surface area contributed by atoms with Gasteiger partial charge in [0.05, 0.1) is 13.2 Å². The number of rotatable bonds is 3. The Kier molecular flexibility index (Phi) is 2.65. The first-order chi connectivity index (χ1) is 6.36. The van der Waals surface area contributed by atoms with Gasteiger partial charge in [0.15, 0.2) is 0 Å². The van der Waals surface area contributed by atoms with Crippen molar-refractivity contribution in [3.8, 4) is 0 Å². The third-order valence-electron chi connectivity index (χ3n) is 2.78. The van der Waals surface area contributed by atoms with Crippen LogP contribution in [0.15, 0.2) is 24.3 Å². The van der Waals surface area contributed by atoms with Crippen molar-refractivity contribution < 1.29 is 4.74 Å². The van der Waals surface area contributed by atoms with E-state index in [-0.39, 0.29) is 0 Å². The highest BCUT2D eigenvalue weighted by atomic mass is 16.5. The van der Waals surface area contributed by atoms with Crippen LogP contribution in [0.25, 0.3) is 0 Å². The fraction of sp³-hybridized carbons (Fsp3) is 0.500. The highest BCUT2D eigenvalue weighted by Gasteiger charge is 2.24. The summed E-state index contributed by atoms with van der Waals surface area (Å²) in [5.41, 5.74) is 1.32. The molecule has 1 heteroatoms. The van der Waals surface area contributed by atoms with Gasteiger partial charge in [-0.05, 0) is 24.0 Å². The maximum Gasteiger partial charge on any atom is 0.0519 e. The quantitative estimate of drug-likeness (QED) is 0.685. The second kappa shape index (κ2) is 3.93. The van der Waals surface area contributed by atoms with E-state index < -0.39 is 0 Å². The van der Waals surface area contributed by atoms with Gasteiger partial charge in [0.2, 0.25) is 0 Å². The summed E-state index contributed by atoms with van der Waals surface area (Å²) < 4.78 is 5.18. The zero-order valence-corrected chi connectivity index (χ0v) is 7.99. The first-order valence-corrected chi connectivity index (χ1v) is 4.89. The van der Waals surface area contributed by atoms with E-state index in [2.05, 4.69) is 25.1 Å². The van der Waals surface area contributed by atoms with E-state index in [1.54, 1.807) is 0 Å². The maximum atomic E-state index is 5.18. The lowest BCUT2D eigenvalue weighted by Gasteiger charge is -2.31. The van der Waals surface area contributed by atoms with E-state index in [4.69, 9.17) is 4.74 Å². The first-order valence-electron chi connectivity index (χ1n) is 4.89. The molecular weight excluding hydrogens is 160 g/mol.